The molecule has 4 heteroatoms. The fourth-order valence-electron chi connectivity index (χ4n) is 2.05. The second-order valence-electron chi connectivity index (χ2n) is 4.05. The van der Waals surface area contributed by atoms with Crippen molar-refractivity contribution in [1.29, 1.82) is 0 Å². The van der Waals surface area contributed by atoms with Crippen LogP contribution in [-0.2, 0) is 9.53 Å². The van der Waals surface area contributed by atoms with Crippen LogP contribution in [0.25, 0.3) is 0 Å². The van der Waals surface area contributed by atoms with Crippen molar-refractivity contribution in [3.63, 3.8) is 0 Å². The van der Waals surface area contributed by atoms with E-state index in [4.69, 9.17) is 4.74 Å². The third-order valence-electron chi connectivity index (χ3n) is 2.87. The van der Waals surface area contributed by atoms with E-state index in [1.54, 1.807) is 0 Å². The molecule has 0 aliphatic carbocycles. The van der Waals surface area contributed by atoms with Crippen LogP contribution in [0, 0.1) is 0 Å². The fraction of sp³-hybridized carbons (Fsp3) is 0.900. The Morgan fingerprint density at radius 2 is 2.29 bits per heavy atom. The Hall–Kier alpha value is -0.610. The average Bonchev–Trinajstić information content (AvgIpc) is 2.72. The molecule has 0 spiro atoms. The predicted molar refractivity (Wildman–Crippen MR) is 53.0 cm³/mol. The largest absolute Gasteiger partial charge is 0.368 e. The molecule has 0 saturated carbocycles. The Morgan fingerprint density at radius 3 is 2.93 bits per heavy atom. The van der Waals surface area contributed by atoms with Crippen LogP contribution in [0.3, 0.4) is 0 Å². The Labute approximate surface area is 84.4 Å². The van der Waals surface area contributed by atoms with Gasteiger partial charge in [0, 0.05) is 19.2 Å². The van der Waals surface area contributed by atoms with Gasteiger partial charge in [0.15, 0.2) is 0 Å². The van der Waals surface area contributed by atoms with Crippen LogP contribution in [0.15, 0.2) is 0 Å². The van der Waals surface area contributed by atoms with Gasteiger partial charge in [-0.1, -0.05) is 0 Å². The molecule has 0 aromatic heterocycles. The highest BCUT2D eigenvalue weighted by atomic mass is 16.5. The first-order valence-corrected chi connectivity index (χ1v) is 5.49. The summed E-state index contributed by atoms with van der Waals surface area (Å²) in [6.45, 7) is 2.71. The van der Waals surface area contributed by atoms with Crippen LogP contribution in [0.5, 0.6) is 0 Å². The smallest absolute Gasteiger partial charge is 0.249 e. The lowest BCUT2D eigenvalue weighted by atomic mass is 10.1. The quantitative estimate of drug-likeness (QED) is 0.658. The van der Waals surface area contributed by atoms with Crippen molar-refractivity contribution in [2.24, 2.45) is 0 Å². The maximum Gasteiger partial charge on any atom is 0.249 e. The number of carbonyl (C=O) groups excluding carboxylic acids is 1. The van der Waals surface area contributed by atoms with Gasteiger partial charge in [0.05, 0.1) is 0 Å². The van der Waals surface area contributed by atoms with E-state index in [0.717, 1.165) is 45.4 Å². The van der Waals surface area contributed by atoms with E-state index in [-0.39, 0.29) is 12.0 Å². The van der Waals surface area contributed by atoms with Crippen molar-refractivity contribution in [2.45, 2.75) is 37.8 Å². The summed E-state index contributed by atoms with van der Waals surface area (Å²) in [7, 11) is 0. The Morgan fingerprint density at radius 1 is 1.36 bits per heavy atom. The number of hydrogen-bond acceptors (Lipinski definition) is 3. The summed E-state index contributed by atoms with van der Waals surface area (Å²) in [5.41, 5.74) is 0. The highest BCUT2D eigenvalue weighted by Crippen LogP contribution is 2.12. The van der Waals surface area contributed by atoms with Crippen LogP contribution in [-0.4, -0.2) is 37.7 Å². The molecule has 0 aromatic carbocycles. The fourth-order valence-corrected chi connectivity index (χ4v) is 2.05. The maximum absolute atomic E-state index is 11.6. The molecule has 2 aliphatic rings. The molecular formula is C10H18N2O2. The van der Waals surface area contributed by atoms with Crippen LogP contribution >= 0.6 is 0 Å². The summed E-state index contributed by atoms with van der Waals surface area (Å²) in [6.07, 6.45) is 3.95. The zero-order chi connectivity index (χ0) is 9.80. The van der Waals surface area contributed by atoms with Gasteiger partial charge in [-0.2, -0.15) is 0 Å². The minimum atomic E-state index is -0.183. The van der Waals surface area contributed by atoms with Crippen LogP contribution in [0.4, 0.5) is 0 Å². The topological polar surface area (TPSA) is 50.4 Å². The number of amides is 1. The lowest BCUT2D eigenvalue weighted by Crippen LogP contribution is -2.48. The van der Waals surface area contributed by atoms with Crippen LogP contribution < -0.4 is 10.6 Å². The zero-order valence-corrected chi connectivity index (χ0v) is 8.42. The van der Waals surface area contributed by atoms with Crippen molar-refractivity contribution >= 4 is 5.91 Å². The Bertz CT molecular complexity index is 196. The highest BCUT2D eigenvalue weighted by molar-refractivity contribution is 5.81. The molecule has 1 amide bonds. The predicted octanol–water partition coefficient (Wildman–Crippen LogP) is 0.0336. The molecule has 2 aliphatic heterocycles. The molecule has 2 heterocycles. The van der Waals surface area contributed by atoms with E-state index in [1.165, 1.54) is 0 Å². The van der Waals surface area contributed by atoms with Gasteiger partial charge in [0.1, 0.15) is 6.10 Å². The first kappa shape index (κ1) is 9.93. The van der Waals surface area contributed by atoms with E-state index in [2.05, 4.69) is 10.6 Å². The van der Waals surface area contributed by atoms with E-state index >= 15 is 0 Å². The molecule has 2 fully saturated rings. The first-order chi connectivity index (χ1) is 6.86. The number of piperidine rings is 1. The Balaban J connectivity index is 1.75. The van der Waals surface area contributed by atoms with Gasteiger partial charge >= 0.3 is 0 Å². The lowest BCUT2D eigenvalue weighted by Gasteiger charge is -2.24. The van der Waals surface area contributed by atoms with Crippen LogP contribution in [0.1, 0.15) is 25.7 Å². The lowest BCUT2D eigenvalue weighted by molar-refractivity contribution is -0.130. The summed E-state index contributed by atoms with van der Waals surface area (Å²) in [5, 5.41) is 6.31. The molecule has 0 bridgehead atoms. The van der Waals surface area contributed by atoms with Gasteiger partial charge in [-0.05, 0) is 32.2 Å². The number of carbonyl (C=O) groups is 1. The third-order valence-corrected chi connectivity index (χ3v) is 2.87. The van der Waals surface area contributed by atoms with E-state index in [0.29, 0.717) is 6.04 Å². The zero-order valence-electron chi connectivity index (χ0n) is 8.42. The number of ether oxygens (including phenoxy) is 1. The van der Waals surface area contributed by atoms with Crippen molar-refractivity contribution in [2.75, 3.05) is 19.7 Å². The first-order valence-electron chi connectivity index (χ1n) is 5.49. The molecule has 0 unspecified atom stereocenters. The van der Waals surface area contributed by atoms with Crippen molar-refractivity contribution in [1.82, 2.24) is 10.6 Å². The normalized spacial score (nSPS) is 32.9. The molecule has 0 aromatic rings. The van der Waals surface area contributed by atoms with Crippen molar-refractivity contribution < 1.29 is 9.53 Å². The molecule has 2 rings (SSSR count). The van der Waals surface area contributed by atoms with E-state index < -0.39 is 0 Å². The second-order valence-corrected chi connectivity index (χ2v) is 4.05. The second kappa shape index (κ2) is 4.75. The molecule has 2 atom stereocenters. The maximum atomic E-state index is 11.6. The average molecular weight is 198 g/mol. The molecule has 0 radical (unpaired) electrons. The summed E-state index contributed by atoms with van der Waals surface area (Å²) >= 11 is 0. The standard InChI is InChI=1S/C10H18N2O2/c13-10(9-4-2-6-14-9)12-8-3-1-5-11-7-8/h8-9,11H,1-7H2,(H,12,13)/t8-,9-/m0/s1. The SMILES string of the molecule is O=C(N[C@H]1CCCNC1)[C@@H]1CCCO1. The molecule has 80 valence electrons. The van der Waals surface area contributed by atoms with Gasteiger partial charge in [0.2, 0.25) is 5.91 Å². The van der Waals surface area contributed by atoms with E-state index in [1.807, 2.05) is 0 Å². The number of hydrogen-bond donors (Lipinski definition) is 2. The third kappa shape index (κ3) is 2.45. The number of rotatable bonds is 2. The molecule has 2 N–H and O–H groups in total. The minimum Gasteiger partial charge on any atom is -0.368 e. The molecule has 4 nitrogen and oxygen atoms in total. The number of nitrogens with one attached hydrogen (secondary N) is 2. The summed E-state index contributed by atoms with van der Waals surface area (Å²) < 4.78 is 5.32. The molecule has 14 heavy (non-hydrogen) atoms. The van der Waals surface area contributed by atoms with Gasteiger partial charge < -0.3 is 15.4 Å². The van der Waals surface area contributed by atoms with Gasteiger partial charge in [-0.3, -0.25) is 4.79 Å². The van der Waals surface area contributed by atoms with Gasteiger partial charge in [-0.15, -0.1) is 0 Å². The highest BCUT2D eigenvalue weighted by Gasteiger charge is 2.25. The van der Waals surface area contributed by atoms with Crippen molar-refractivity contribution in [3.05, 3.63) is 0 Å². The van der Waals surface area contributed by atoms with Gasteiger partial charge in [0.25, 0.3) is 0 Å². The van der Waals surface area contributed by atoms with Crippen molar-refractivity contribution in [3.8, 4) is 0 Å². The monoisotopic (exact) mass is 198 g/mol. The summed E-state index contributed by atoms with van der Waals surface area (Å²) in [5.74, 6) is 0.0798. The molecule has 2 saturated heterocycles. The van der Waals surface area contributed by atoms with E-state index in [9.17, 15) is 4.79 Å². The van der Waals surface area contributed by atoms with Crippen LogP contribution in [0.2, 0.25) is 0 Å². The summed E-state index contributed by atoms with van der Waals surface area (Å²) in [6, 6.07) is 0.306. The molecular weight excluding hydrogens is 180 g/mol. The summed E-state index contributed by atoms with van der Waals surface area (Å²) in [4.78, 5) is 11.6. The van der Waals surface area contributed by atoms with Gasteiger partial charge in [-0.25, -0.2) is 0 Å². The Kier molecular flexibility index (Phi) is 3.37. The minimum absolute atomic E-state index is 0.0798.